The molecule has 6 heteroatoms. The summed E-state index contributed by atoms with van der Waals surface area (Å²) in [5, 5.41) is 0. The van der Waals surface area contributed by atoms with Crippen molar-refractivity contribution in [3.05, 3.63) is 71.8 Å². The molecule has 0 aliphatic carbocycles. The van der Waals surface area contributed by atoms with Gasteiger partial charge in [-0.3, -0.25) is 0 Å². The van der Waals surface area contributed by atoms with E-state index in [9.17, 15) is 0 Å². The second-order valence-electron chi connectivity index (χ2n) is 6.90. The highest BCUT2D eigenvalue weighted by Crippen LogP contribution is 2.43. The first-order chi connectivity index (χ1) is 13.3. The molecule has 2 aromatic carbocycles. The summed E-state index contributed by atoms with van der Waals surface area (Å²) >= 11 is 0. The molecule has 3 aliphatic rings. The Labute approximate surface area is 157 Å². The average Bonchev–Trinajstić information content (AvgIpc) is 3.20. The van der Waals surface area contributed by atoms with Crippen LogP contribution in [0.2, 0.25) is 0 Å². The van der Waals surface area contributed by atoms with Crippen LogP contribution in [0.3, 0.4) is 0 Å². The van der Waals surface area contributed by atoms with Crippen LogP contribution in [-0.4, -0.2) is 44.4 Å². The maximum Gasteiger partial charge on any atom is 0.186 e. The summed E-state index contributed by atoms with van der Waals surface area (Å²) in [5.41, 5.74) is 1.94. The van der Waals surface area contributed by atoms with E-state index in [0.29, 0.717) is 6.61 Å². The highest BCUT2D eigenvalue weighted by molar-refractivity contribution is 5.18. The van der Waals surface area contributed by atoms with Crippen LogP contribution in [0.25, 0.3) is 0 Å². The van der Waals surface area contributed by atoms with Crippen molar-refractivity contribution in [2.45, 2.75) is 43.3 Å². The number of methoxy groups -OCH3 is 1. The molecule has 0 unspecified atom stereocenters. The van der Waals surface area contributed by atoms with Crippen LogP contribution in [0.5, 0.6) is 0 Å². The summed E-state index contributed by atoms with van der Waals surface area (Å²) < 4.78 is 36.1. The number of hydrogen-bond donors (Lipinski definition) is 0. The zero-order chi connectivity index (χ0) is 18.2. The highest BCUT2D eigenvalue weighted by Gasteiger charge is 2.56. The van der Waals surface area contributed by atoms with Gasteiger partial charge in [-0.15, -0.1) is 0 Å². The van der Waals surface area contributed by atoms with E-state index in [4.69, 9.17) is 28.4 Å². The average molecular weight is 370 g/mol. The second-order valence-corrected chi connectivity index (χ2v) is 6.90. The molecule has 27 heavy (non-hydrogen) atoms. The van der Waals surface area contributed by atoms with Gasteiger partial charge < -0.3 is 28.4 Å². The van der Waals surface area contributed by atoms with Crippen LogP contribution in [0.1, 0.15) is 23.7 Å². The van der Waals surface area contributed by atoms with Gasteiger partial charge in [0.1, 0.15) is 24.4 Å². The molecule has 7 atom stereocenters. The Balaban J connectivity index is 1.39. The number of hydrogen-bond acceptors (Lipinski definition) is 6. The Kier molecular flexibility index (Phi) is 4.69. The lowest BCUT2D eigenvalue weighted by molar-refractivity contribution is -0.343. The summed E-state index contributed by atoms with van der Waals surface area (Å²) in [6, 6.07) is 19.8. The zero-order valence-corrected chi connectivity index (χ0v) is 15.0. The van der Waals surface area contributed by atoms with Gasteiger partial charge in [-0.05, 0) is 0 Å². The van der Waals surface area contributed by atoms with E-state index in [1.54, 1.807) is 7.11 Å². The van der Waals surface area contributed by atoms with E-state index in [2.05, 4.69) is 0 Å². The van der Waals surface area contributed by atoms with Crippen LogP contribution in [-0.2, 0) is 28.4 Å². The molecule has 142 valence electrons. The first kappa shape index (κ1) is 17.3. The van der Waals surface area contributed by atoms with Gasteiger partial charge in [0.15, 0.2) is 18.9 Å². The maximum absolute atomic E-state index is 6.27. The van der Waals surface area contributed by atoms with E-state index >= 15 is 0 Å². The van der Waals surface area contributed by atoms with Crippen molar-refractivity contribution in [3.63, 3.8) is 0 Å². The van der Waals surface area contributed by atoms with Gasteiger partial charge in [-0.25, -0.2) is 0 Å². The predicted molar refractivity (Wildman–Crippen MR) is 94.6 cm³/mol. The fraction of sp³-hybridized carbons (Fsp3) is 0.429. The third-order valence-corrected chi connectivity index (χ3v) is 5.22. The molecule has 0 bridgehead atoms. The Morgan fingerprint density at radius 2 is 1.30 bits per heavy atom. The normalized spacial score (nSPS) is 38.2. The molecule has 5 rings (SSSR count). The third kappa shape index (κ3) is 3.18. The fourth-order valence-corrected chi connectivity index (χ4v) is 3.90. The number of benzene rings is 2. The van der Waals surface area contributed by atoms with Gasteiger partial charge in [0.25, 0.3) is 0 Å². The van der Waals surface area contributed by atoms with Crippen molar-refractivity contribution >= 4 is 0 Å². The van der Waals surface area contributed by atoms with Crippen LogP contribution in [0.4, 0.5) is 0 Å². The van der Waals surface area contributed by atoms with Crippen molar-refractivity contribution < 1.29 is 28.4 Å². The van der Waals surface area contributed by atoms with Gasteiger partial charge in [0.2, 0.25) is 0 Å². The molecule has 6 nitrogen and oxygen atoms in total. The summed E-state index contributed by atoms with van der Waals surface area (Å²) in [7, 11) is 1.61. The van der Waals surface area contributed by atoms with Crippen molar-refractivity contribution in [3.8, 4) is 0 Å². The molecule has 0 spiro atoms. The number of fused-ring (bicyclic) bond motifs is 3. The molecule has 3 aliphatic heterocycles. The Bertz CT molecular complexity index is 754. The maximum atomic E-state index is 6.27. The van der Waals surface area contributed by atoms with Crippen molar-refractivity contribution in [1.29, 1.82) is 0 Å². The standard InChI is InChI=1S/C21H22O6/c1-22-21-18-17(26-20(27-18)14-10-6-3-7-11-14)16-15(24-21)12-23-19(25-16)13-8-4-2-5-9-13/h2-11,15-21H,12H2,1H3/t15-,16+,17+,18+,19+,20-,21-/m1/s1. The van der Waals surface area contributed by atoms with Crippen molar-refractivity contribution in [2.24, 2.45) is 0 Å². The monoisotopic (exact) mass is 370 g/mol. The Morgan fingerprint density at radius 3 is 1.96 bits per heavy atom. The second kappa shape index (κ2) is 7.31. The molecule has 0 N–H and O–H groups in total. The highest BCUT2D eigenvalue weighted by atomic mass is 16.8. The lowest BCUT2D eigenvalue weighted by atomic mass is 9.98. The van der Waals surface area contributed by atoms with Gasteiger partial charge in [-0.2, -0.15) is 0 Å². The minimum absolute atomic E-state index is 0.269. The van der Waals surface area contributed by atoms with Crippen LogP contribution >= 0.6 is 0 Å². The minimum atomic E-state index is -0.523. The Hall–Kier alpha value is -1.80. The molecule has 0 saturated carbocycles. The van der Waals surface area contributed by atoms with E-state index < -0.39 is 18.9 Å². The summed E-state index contributed by atoms with van der Waals surface area (Å²) in [4.78, 5) is 0. The molecular weight excluding hydrogens is 348 g/mol. The predicted octanol–water partition coefficient (Wildman–Crippen LogP) is 2.95. The fourth-order valence-electron chi connectivity index (χ4n) is 3.90. The van der Waals surface area contributed by atoms with E-state index in [0.717, 1.165) is 11.1 Å². The molecule has 3 fully saturated rings. The van der Waals surface area contributed by atoms with Crippen molar-refractivity contribution in [1.82, 2.24) is 0 Å². The van der Waals surface area contributed by atoms with Gasteiger partial charge in [0.05, 0.1) is 6.61 Å². The molecule has 0 radical (unpaired) electrons. The molecule has 3 saturated heterocycles. The summed E-state index contributed by atoms with van der Waals surface area (Å²) in [5.74, 6) is 0. The largest absolute Gasteiger partial charge is 0.353 e. The lowest BCUT2D eigenvalue weighted by Crippen LogP contribution is -2.61. The Morgan fingerprint density at radius 1 is 0.704 bits per heavy atom. The van der Waals surface area contributed by atoms with Gasteiger partial charge in [0, 0.05) is 18.2 Å². The summed E-state index contributed by atoms with van der Waals surface area (Å²) in [6.45, 7) is 0.409. The SMILES string of the molecule is CO[C@@H]1O[C@@H]2CO[C@H](c3ccccc3)O[C@@H]2[C@@H]2O[C@@H](c3ccccc3)O[C@H]12. The number of rotatable bonds is 3. The van der Waals surface area contributed by atoms with Gasteiger partial charge >= 0.3 is 0 Å². The quantitative estimate of drug-likeness (QED) is 0.828. The van der Waals surface area contributed by atoms with Gasteiger partial charge in [-0.1, -0.05) is 60.7 Å². The molecule has 0 amide bonds. The van der Waals surface area contributed by atoms with Crippen LogP contribution in [0, 0.1) is 0 Å². The number of ether oxygens (including phenoxy) is 6. The third-order valence-electron chi connectivity index (χ3n) is 5.22. The minimum Gasteiger partial charge on any atom is -0.353 e. The van der Waals surface area contributed by atoms with E-state index in [-0.39, 0.29) is 24.4 Å². The first-order valence-corrected chi connectivity index (χ1v) is 9.19. The van der Waals surface area contributed by atoms with Crippen LogP contribution in [0.15, 0.2) is 60.7 Å². The zero-order valence-electron chi connectivity index (χ0n) is 15.0. The van der Waals surface area contributed by atoms with Crippen LogP contribution < -0.4 is 0 Å². The molecular formula is C21H22O6. The topological polar surface area (TPSA) is 55.4 Å². The summed E-state index contributed by atoms with van der Waals surface area (Å²) in [6.07, 6.45) is -2.67. The molecule has 0 aromatic heterocycles. The molecule has 2 aromatic rings. The van der Waals surface area contributed by atoms with E-state index in [1.807, 2.05) is 60.7 Å². The van der Waals surface area contributed by atoms with Crippen molar-refractivity contribution in [2.75, 3.05) is 13.7 Å². The molecule has 3 heterocycles. The lowest BCUT2D eigenvalue weighted by Gasteiger charge is -2.45. The smallest absolute Gasteiger partial charge is 0.186 e. The van der Waals surface area contributed by atoms with E-state index in [1.165, 1.54) is 0 Å². The first-order valence-electron chi connectivity index (χ1n) is 9.19.